The first-order chi connectivity index (χ1) is 13.0. The number of hydrogen-bond acceptors (Lipinski definition) is 6. The third-order valence-electron chi connectivity index (χ3n) is 3.94. The van der Waals surface area contributed by atoms with Crippen molar-refractivity contribution in [2.24, 2.45) is 0 Å². The van der Waals surface area contributed by atoms with E-state index < -0.39 is 18.5 Å². The van der Waals surface area contributed by atoms with Crippen LogP contribution in [0.15, 0.2) is 24.3 Å². The molecule has 0 aliphatic rings. The van der Waals surface area contributed by atoms with E-state index in [1.54, 1.807) is 18.2 Å². The Balaban J connectivity index is 2.12. The SMILES string of the molecule is CCCCCCCCCOC(=O)COCC(=O)Oc1ccccc1C(C)=O. The normalized spacial score (nSPS) is 10.4. The number of esters is 2. The highest BCUT2D eigenvalue weighted by Gasteiger charge is 2.13. The highest BCUT2D eigenvalue weighted by atomic mass is 16.6. The molecule has 0 N–H and O–H groups in total. The molecule has 1 aromatic carbocycles. The van der Waals surface area contributed by atoms with Crippen molar-refractivity contribution in [2.45, 2.75) is 58.8 Å². The largest absolute Gasteiger partial charge is 0.464 e. The van der Waals surface area contributed by atoms with Crippen LogP contribution in [0.3, 0.4) is 0 Å². The molecule has 0 fully saturated rings. The van der Waals surface area contributed by atoms with Crippen LogP contribution in [0.1, 0.15) is 69.2 Å². The summed E-state index contributed by atoms with van der Waals surface area (Å²) in [5.41, 5.74) is 0.319. The van der Waals surface area contributed by atoms with Crippen LogP contribution in [0.5, 0.6) is 5.75 Å². The molecule has 0 saturated heterocycles. The Morgan fingerprint density at radius 1 is 0.852 bits per heavy atom. The number of ketones is 1. The molecule has 0 saturated carbocycles. The highest BCUT2D eigenvalue weighted by molar-refractivity contribution is 5.97. The summed E-state index contributed by atoms with van der Waals surface area (Å²) in [6, 6.07) is 6.46. The van der Waals surface area contributed by atoms with Crippen LogP contribution in [-0.4, -0.2) is 37.5 Å². The number of unbranched alkanes of at least 4 members (excludes halogenated alkanes) is 6. The maximum atomic E-state index is 11.8. The average molecular weight is 378 g/mol. The van der Waals surface area contributed by atoms with Crippen molar-refractivity contribution in [3.63, 3.8) is 0 Å². The first-order valence-corrected chi connectivity index (χ1v) is 9.58. The molecule has 0 amide bonds. The Kier molecular flexibility index (Phi) is 11.8. The number of hydrogen-bond donors (Lipinski definition) is 0. The fraction of sp³-hybridized carbons (Fsp3) is 0.571. The molecule has 1 aromatic rings. The van der Waals surface area contributed by atoms with Crippen molar-refractivity contribution in [1.29, 1.82) is 0 Å². The van der Waals surface area contributed by atoms with E-state index >= 15 is 0 Å². The van der Waals surface area contributed by atoms with Crippen molar-refractivity contribution in [3.8, 4) is 5.75 Å². The van der Waals surface area contributed by atoms with Gasteiger partial charge in [-0.1, -0.05) is 57.6 Å². The summed E-state index contributed by atoms with van der Waals surface area (Å²) in [6.07, 6.45) is 8.02. The minimum atomic E-state index is -0.677. The first-order valence-electron chi connectivity index (χ1n) is 9.58. The van der Waals surface area contributed by atoms with Crippen molar-refractivity contribution >= 4 is 17.7 Å². The third kappa shape index (κ3) is 10.5. The standard InChI is InChI=1S/C21H30O6/c1-3-4-5-6-7-8-11-14-26-20(23)15-25-16-21(24)27-19-13-10-9-12-18(19)17(2)22/h9-10,12-13H,3-8,11,14-16H2,1-2H3. The third-order valence-corrected chi connectivity index (χ3v) is 3.94. The molecule has 0 aromatic heterocycles. The van der Waals surface area contributed by atoms with Gasteiger partial charge in [0, 0.05) is 0 Å². The van der Waals surface area contributed by atoms with E-state index in [2.05, 4.69) is 6.92 Å². The van der Waals surface area contributed by atoms with E-state index in [9.17, 15) is 14.4 Å². The Bertz CT molecular complexity index is 596. The van der Waals surface area contributed by atoms with Gasteiger partial charge < -0.3 is 14.2 Å². The van der Waals surface area contributed by atoms with E-state index in [1.807, 2.05) is 0 Å². The molecular formula is C21H30O6. The molecule has 27 heavy (non-hydrogen) atoms. The summed E-state index contributed by atoms with van der Waals surface area (Å²) in [6.45, 7) is 3.25. The van der Waals surface area contributed by atoms with Gasteiger partial charge in [0.2, 0.25) is 0 Å². The van der Waals surface area contributed by atoms with Gasteiger partial charge in [-0.2, -0.15) is 0 Å². The van der Waals surface area contributed by atoms with Crippen LogP contribution in [0.4, 0.5) is 0 Å². The van der Waals surface area contributed by atoms with Crippen LogP contribution in [-0.2, 0) is 19.1 Å². The number of Topliss-reactive ketones (excluding diaryl/α,β-unsaturated/α-hetero) is 1. The van der Waals surface area contributed by atoms with Gasteiger partial charge in [0.05, 0.1) is 12.2 Å². The Morgan fingerprint density at radius 3 is 2.19 bits per heavy atom. The van der Waals surface area contributed by atoms with E-state index in [1.165, 1.54) is 38.7 Å². The Labute approximate surface area is 161 Å². The number of benzene rings is 1. The van der Waals surface area contributed by atoms with Crippen LogP contribution in [0.25, 0.3) is 0 Å². The second-order valence-corrected chi connectivity index (χ2v) is 6.36. The maximum absolute atomic E-state index is 11.8. The number of rotatable bonds is 14. The molecule has 0 heterocycles. The van der Waals surface area contributed by atoms with E-state index in [0.29, 0.717) is 12.2 Å². The lowest BCUT2D eigenvalue weighted by atomic mass is 10.1. The average Bonchev–Trinajstić information content (AvgIpc) is 2.64. The molecule has 1 rings (SSSR count). The summed E-state index contributed by atoms with van der Waals surface area (Å²) < 4.78 is 15.2. The summed E-state index contributed by atoms with van der Waals surface area (Å²) in [7, 11) is 0. The molecule has 0 atom stereocenters. The zero-order valence-electron chi connectivity index (χ0n) is 16.3. The van der Waals surface area contributed by atoms with Crippen LogP contribution >= 0.6 is 0 Å². The van der Waals surface area contributed by atoms with Crippen LogP contribution in [0.2, 0.25) is 0 Å². The van der Waals surface area contributed by atoms with Crippen molar-refractivity contribution < 1.29 is 28.6 Å². The molecule has 0 aliphatic heterocycles. The minimum Gasteiger partial charge on any atom is -0.464 e. The minimum absolute atomic E-state index is 0.181. The van der Waals surface area contributed by atoms with Crippen molar-refractivity contribution in [1.82, 2.24) is 0 Å². The van der Waals surface area contributed by atoms with Gasteiger partial charge >= 0.3 is 11.9 Å². The van der Waals surface area contributed by atoms with Crippen molar-refractivity contribution in [3.05, 3.63) is 29.8 Å². The van der Waals surface area contributed by atoms with Gasteiger partial charge in [-0.3, -0.25) is 4.79 Å². The predicted molar refractivity (Wildman–Crippen MR) is 102 cm³/mol. The topological polar surface area (TPSA) is 78.9 Å². The second kappa shape index (κ2) is 13.9. The maximum Gasteiger partial charge on any atom is 0.337 e. The van der Waals surface area contributed by atoms with E-state index in [0.717, 1.165) is 19.3 Å². The van der Waals surface area contributed by atoms with Gasteiger partial charge in [-0.05, 0) is 25.5 Å². The van der Waals surface area contributed by atoms with Crippen molar-refractivity contribution in [2.75, 3.05) is 19.8 Å². The molecule has 6 heteroatoms. The van der Waals surface area contributed by atoms with Gasteiger partial charge in [0.25, 0.3) is 0 Å². The number of carbonyl (C=O) groups excluding carboxylic acids is 3. The molecule has 0 radical (unpaired) electrons. The Morgan fingerprint density at radius 2 is 1.48 bits per heavy atom. The van der Waals surface area contributed by atoms with Gasteiger partial charge in [0.1, 0.15) is 19.0 Å². The zero-order chi connectivity index (χ0) is 19.9. The summed E-state index contributed by atoms with van der Waals surface area (Å²) >= 11 is 0. The first kappa shape index (κ1) is 22.8. The quantitative estimate of drug-likeness (QED) is 0.210. The molecule has 0 unspecified atom stereocenters. The molecule has 6 nitrogen and oxygen atoms in total. The van der Waals surface area contributed by atoms with E-state index in [-0.39, 0.29) is 18.1 Å². The molecular weight excluding hydrogens is 348 g/mol. The van der Waals surface area contributed by atoms with E-state index in [4.69, 9.17) is 14.2 Å². The molecule has 150 valence electrons. The van der Waals surface area contributed by atoms with Gasteiger partial charge in [0.15, 0.2) is 5.78 Å². The highest BCUT2D eigenvalue weighted by Crippen LogP contribution is 2.18. The number of para-hydroxylation sites is 1. The molecule has 0 bridgehead atoms. The number of carbonyl (C=O) groups is 3. The monoisotopic (exact) mass is 378 g/mol. The lowest BCUT2D eigenvalue weighted by molar-refractivity contribution is -0.152. The number of ether oxygens (including phenoxy) is 3. The summed E-state index contributed by atoms with van der Waals surface area (Å²) in [5.74, 6) is -1.20. The lowest BCUT2D eigenvalue weighted by Gasteiger charge is -2.08. The zero-order valence-corrected chi connectivity index (χ0v) is 16.3. The van der Waals surface area contributed by atoms with Crippen LogP contribution in [0, 0.1) is 0 Å². The summed E-state index contributed by atoms with van der Waals surface area (Å²) in [5, 5.41) is 0. The molecule has 0 aliphatic carbocycles. The Hall–Kier alpha value is -2.21. The smallest absolute Gasteiger partial charge is 0.337 e. The van der Waals surface area contributed by atoms with Crippen LogP contribution < -0.4 is 4.74 Å². The summed E-state index contributed by atoms with van der Waals surface area (Å²) in [4.78, 5) is 34.8. The van der Waals surface area contributed by atoms with Gasteiger partial charge in [-0.15, -0.1) is 0 Å². The fourth-order valence-corrected chi connectivity index (χ4v) is 2.50. The molecule has 0 spiro atoms. The fourth-order valence-electron chi connectivity index (χ4n) is 2.50. The predicted octanol–water partition coefficient (Wildman–Crippen LogP) is 4.11. The second-order valence-electron chi connectivity index (χ2n) is 6.36. The van der Waals surface area contributed by atoms with Gasteiger partial charge in [-0.25, -0.2) is 9.59 Å². The lowest BCUT2D eigenvalue weighted by Crippen LogP contribution is -2.21.